The van der Waals surface area contributed by atoms with E-state index < -0.39 is 5.91 Å². The summed E-state index contributed by atoms with van der Waals surface area (Å²) in [7, 11) is 0. The van der Waals surface area contributed by atoms with Crippen LogP contribution in [-0.4, -0.2) is 47.3 Å². The summed E-state index contributed by atoms with van der Waals surface area (Å²) in [6.45, 7) is 3.54. The number of thioether (sulfide) groups is 1. The molecule has 1 aromatic heterocycles. The molecule has 0 aliphatic carbocycles. The molecule has 0 radical (unpaired) electrons. The monoisotopic (exact) mass is 367 g/mol. The normalized spacial score (nSPS) is 19.2. The fourth-order valence-corrected chi connectivity index (χ4v) is 3.63. The third-order valence-electron chi connectivity index (χ3n) is 4.29. The number of hydrogen-bond acceptors (Lipinski definition) is 7. The molecule has 132 valence electrons. The second kappa shape index (κ2) is 7.17. The predicted octanol–water partition coefficient (Wildman–Crippen LogP) is 2.13. The van der Waals surface area contributed by atoms with Crippen LogP contribution in [0.1, 0.15) is 5.82 Å². The smallest absolute Gasteiger partial charge is 0.290 e. The van der Waals surface area contributed by atoms with Gasteiger partial charge in [-0.25, -0.2) is 9.97 Å². The highest BCUT2D eigenvalue weighted by Crippen LogP contribution is 2.25. The molecule has 0 spiro atoms. The van der Waals surface area contributed by atoms with E-state index in [0.717, 1.165) is 43.8 Å². The van der Waals surface area contributed by atoms with E-state index in [0.29, 0.717) is 10.7 Å². The fourth-order valence-electron chi connectivity index (χ4n) is 2.98. The number of nitrogens with zero attached hydrogens (tertiary/aromatic N) is 4. The Balaban J connectivity index is 1.45. The molecule has 3 heterocycles. The van der Waals surface area contributed by atoms with Crippen LogP contribution >= 0.6 is 11.8 Å². The third-order valence-corrected chi connectivity index (χ3v) is 5.10. The first-order chi connectivity index (χ1) is 12.7. The number of carbonyl (C=O) groups is 2. The number of aromatic nitrogens is 2. The molecule has 0 unspecified atom stereocenters. The number of benzene rings is 1. The molecule has 2 fully saturated rings. The van der Waals surface area contributed by atoms with Crippen molar-refractivity contribution in [1.29, 1.82) is 0 Å². The number of piperazine rings is 1. The number of hydrogen-bond donors (Lipinski definition) is 1. The number of amides is 2. The average Bonchev–Trinajstić information content (AvgIpc) is 3.00. The summed E-state index contributed by atoms with van der Waals surface area (Å²) in [4.78, 5) is 36.5. The third kappa shape index (κ3) is 3.55. The van der Waals surface area contributed by atoms with Gasteiger partial charge in [-0.2, -0.15) is 0 Å². The van der Waals surface area contributed by atoms with Gasteiger partial charge in [-0.3, -0.25) is 14.9 Å². The number of carbonyl (C=O) groups excluding carboxylic acids is 2. The molecule has 1 aromatic carbocycles. The molecule has 2 amide bonds. The molecule has 4 rings (SSSR count). The number of imide groups is 1. The molecule has 26 heavy (non-hydrogen) atoms. The first-order valence-electron chi connectivity index (χ1n) is 8.32. The second-order valence-corrected chi connectivity index (χ2v) is 6.95. The topological polar surface area (TPSA) is 78.4 Å². The van der Waals surface area contributed by atoms with Crippen LogP contribution in [0, 0.1) is 0 Å². The van der Waals surface area contributed by atoms with Crippen molar-refractivity contribution in [2.45, 2.75) is 0 Å². The van der Waals surface area contributed by atoms with Crippen LogP contribution in [-0.2, 0) is 4.79 Å². The summed E-state index contributed by atoms with van der Waals surface area (Å²) >= 11 is 0.869. The van der Waals surface area contributed by atoms with E-state index in [1.807, 2.05) is 24.3 Å². The van der Waals surface area contributed by atoms with E-state index in [9.17, 15) is 9.59 Å². The van der Waals surface area contributed by atoms with Gasteiger partial charge >= 0.3 is 0 Å². The summed E-state index contributed by atoms with van der Waals surface area (Å²) < 4.78 is 0. The van der Waals surface area contributed by atoms with Crippen molar-refractivity contribution in [3.8, 4) is 0 Å². The Bertz CT molecular complexity index is 863. The number of anilines is 2. The van der Waals surface area contributed by atoms with Gasteiger partial charge in [0.05, 0.1) is 4.91 Å². The Morgan fingerprint density at radius 1 is 1.00 bits per heavy atom. The average molecular weight is 367 g/mol. The van der Waals surface area contributed by atoms with E-state index in [2.05, 4.69) is 37.2 Å². The highest BCUT2D eigenvalue weighted by atomic mass is 32.2. The lowest BCUT2D eigenvalue weighted by molar-refractivity contribution is -0.115. The summed E-state index contributed by atoms with van der Waals surface area (Å²) in [5.41, 5.74) is 1.23. The van der Waals surface area contributed by atoms with Gasteiger partial charge in [-0.15, -0.1) is 0 Å². The van der Waals surface area contributed by atoms with Gasteiger partial charge in [0.25, 0.3) is 11.1 Å². The second-order valence-electron chi connectivity index (χ2n) is 5.93. The molecule has 0 atom stereocenters. The van der Waals surface area contributed by atoms with Crippen LogP contribution in [0.4, 0.5) is 16.3 Å². The van der Waals surface area contributed by atoms with Crippen LogP contribution < -0.4 is 15.1 Å². The Morgan fingerprint density at radius 2 is 1.73 bits per heavy atom. The number of para-hydroxylation sites is 1. The maximum absolute atomic E-state index is 11.7. The van der Waals surface area contributed by atoms with Crippen LogP contribution in [0.5, 0.6) is 0 Å². The van der Waals surface area contributed by atoms with Crippen LogP contribution in [0.2, 0.25) is 0 Å². The van der Waals surface area contributed by atoms with E-state index in [-0.39, 0.29) is 5.24 Å². The van der Waals surface area contributed by atoms with Crippen LogP contribution in [0.3, 0.4) is 0 Å². The van der Waals surface area contributed by atoms with Crippen LogP contribution in [0.15, 0.2) is 47.5 Å². The van der Waals surface area contributed by atoms with Crippen molar-refractivity contribution in [3.05, 3.63) is 53.3 Å². The van der Waals surface area contributed by atoms with Crippen molar-refractivity contribution in [2.75, 3.05) is 36.0 Å². The largest absolute Gasteiger partial charge is 0.368 e. The Hall–Kier alpha value is -2.87. The molecule has 0 saturated carbocycles. The number of nitrogens with one attached hydrogen (secondary N) is 1. The first kappa shape index (κ1) is 16.6. The van der Waals surface area contributed by atoms with Crippen molar-refractivity contribution in [1.82, 2.24) is 15.3 Å². The van der Waals surface area contributed by atoms with Gasteiger partial charge in [-0.1, -0.05) is 18.2 Å². The van der Waals surface area contributed by atoms with Gasteiger partial charge in [0.15, 0.2) is 5.82 Å². The Kier molecular flexibility index (Phi) is 4.57. The molecule has 8 heteroatoms. The maximum atomic E-state index is 11.7. The van der Waals surface area contributed by atoms with Gasteiger partial charge < -0.3 is 9.80 Å². The standard InChI is InChI=1S/C18H17N5O2S/c24-17-14(26-18(25)21-17)12-15-19-7-6-16(20-15)23-10-8-22(9-11-23)13-4-2-1-3-5-13/h1-7,12H,8-11H2,(H,21,24,25)/b14-12+. The van der Waals surface area contributed by atoms with Crippen LogP contribution in [0.25, 0.3) is 6.08 Å². The fraction of sp³-hybridized carbons (Fsp3) is 0.222. The lowest BCUT2D eigenvalue weighted by Gasteiger charge is -2.36. The highest BCUT2D eigenvalue weighted by Gasteiger charge is 2.25. The quantitative estimate of drug-likeness (QED) is 0.833. The predicted molar refractivity (Wildman–Crippen MR) is 102 cm³/mol. The van der Waals surface area contributed by atoms with Gasteiger partial charge in [0.1, 0.15) is 5.82 Å². The van der Waals surface area contributed by atoms with Gasteiger partial charge in [0, 0.05) is 44.1 Å². The maximum Gasteiger partial charge on any atom is 0.290 e. The first-order valence-corrected chi connectivity index (χ1v) is 9.13. The molecule has 7 nitrogen and oxygen atoms in total. The van der Waals surface area contributed by atoms with Gasteiger partial charge in [0.2, 0.25) is 0 Å². The zero-order valence-electron chi connectivity index (χ0n) is 14.0. The highest BCUT2D eigenvalue weighted by molar-refractivity contribution is 8.18. The zero-order valence-corrected chi connectivity index (χ0v) is 14.8. The lowest BCUT2D eigenvalue weighted by atomic mass is 10.2. The molecular weight excluding hydrogens is 350 g/mol. The molecule has 2 aromatic rings. The summed E-state index contributed by atoms with van der Waals surface area (Å²) in [5.74, 6) is 0.861. The minimum atomic E-state index is -0.398. The molecular formula is C18H17N5O2S. The van der Waals surface area contributed by atoms with Crippen molar-refractivity contribution in [3.63, 3.8) is 0 Å². The number of rotatable bonds is 3. The molecule has 2 aliphatic heterocycles. The van der Waals surface area contributed by atoms with E-state index in [1.54, 1.807) is 12.3 Å². The minimum Gasteiger partial charge on any atom is -0.368 e. The van der Waals surface area contributed by atoms with Gasteiger partial charge in [-0.05, 0) is 30.0 Å². The Morgan fingerprint density at radius 3 is 2.42 bits per heavy atom. The van der Waals surface area contributed by atoms with E-state index >= 15 is 0 Å². The molecule has 2 saturated heterocycles. The van der Waals surface area contributed by atoms with E-state index in [4.69, 9.17) is 0 Å². The van der Waals surface area contributed by atoms with E-state index in [1.165, 1.54) is 5.69 Å². The minimum absolute atomic E-state index is 0.320. The SMILES string of the molecule is O=C1NC(=O)/C(=C\c2nccc(N3CCN(c4ccccc4)CC3)n2)S1. The molecule has 0 bridgehead atoms. The van der Waals surface area contributed by atoms with Crippen molar-refractivity contribution < 1.29 is 9.59 Å². The summed E-state index contributed by atoms with van der Waals surface area (Å²) in [6, 6.07) is 12.2. The Labute approximate surface area is 155 Å². The molecule has 2 aliphatic rings. The van der Waals surface area contributed by atoms with Crippen molar-refractivity contribution in [2.24, 2.45) is 0 Å². The summed E-state index contributed by atoms with van der Waals surface area (Å²) in [5, 5.41) is 1.86. The molecule has 1 N–H and O–H groups in total. The van der Waals surface area contributed by atoms with Crippen molar-refractivity contribution >= 4 is 40.5 Å². The lowest BCUT2D eigenvalue weighted by Crippen LogP contribution is -2.46. The summed E-state index contributed by atoms with van der Waals surface area (Å²) in [6.07, 6.45) is 3.23. The zero-order chi connectivity index (χ0) is 17.9.